The van der Waals surface area contributed by atoms with Gasteiger partial charge < -0.3 is 10.4 Å². The van der Waals surface area contributed by atoms with Gasteiger partial charge in [0.05, 0.1) is 0 Å². The number of nitrogens with one attached hydrogen (secondary N) is 1. The van der Waals surface area contributed by atoms with Crippen LogP contribution in [0.15, 0.2) is 24.3 Å². The Hall–Kier alpha value is -1.84. The first-order valence-corrected chi connectivity index (χ1v) is 7.63. The Morgan fingerprint density at radius 3 is 2.81 bits per heavy atom. The number of rotatable bonds is 6. The molecule has 0 bridgehead atoms. The van der Waals surface area contributed by atoms with Gasteiger partial charge in [-0.3, -0.25) is 9.59 Å². The lowest BCUT2D eigenvalue weighted by atomic mass is 10.0. The van der Waals surface area contributed by atoms with E-state index in [0.717, 1.165) is 30.0 Å². The van der Waals surface area contributed by atoms with E-state index in [1.54, 1.807) is 0 Å². The zero-order valence-corrected chi connectivity index (χ0v) is 12.5. The lowest BCUT2D eigenvalue weighted by Crippen LogP contribution is -2.15. The van der Waals surface area contributed by atoms with E-state index < -0.39 is 5.97 Å². The van der Waals surface area contributed by atoms with Crippen molar-refractivity contribution >= 4 is 17.6 Å². The van der Waals surface area contributed by atoms with Crippen molar-refractivity contribution in [3.05, 3.63) is 29.8 Å². The van der Waals surface area contributed by atoms with E-state index >= 15 is 0 Å². The standard InChI is InChI=1S/C17H23NO3/c1-12-5-6-14(9-12)11-16(19)18-15-4-2-3-13(10-15)7-8-17(20)21/h2-4,10,12,14H,5-9,11H2,1H3,(H,18,19)(H,20,21). The summed E-state index contributed by atoms with van der Waals surface area (Å²) < 4.78 is 0. The van der Waals surface area contributed by atoms with E-state index in [1.807, 2.05) is 24.3 Å². The summed E-state index contributed by atoms with van der Waals surface area (Å²) in [4.78, 5) is 22.6. The van der Waals surface area contributed by atoms with Gasteiger partial charge in [-0.25, -0.2) is 0 Å². The zero-order chi connectivity index (χ0) is 15.2. The Balaban J connectivity index is 1.85. The molecule has 2 rings (SSSR count). The van der Waals surface area contributed by atoms with Crippen LogP contribution in [0.5, 0.6) is 0 Å². The maximum absolute atomic E-state index is 12.0. The van der Waals surface area contributed by atoms with Crippen LogP contribution in [0.1, 0.15) is 44.6 Å². The Labute approximate surface area is 125 Å². The van der Waals surface area contributed by atoms with Gasteiger partial charge in [0.15, 0.2) is 0 Å². The van der Waals surface area contributed by atoms with Crippen LogP contribution < -0.4 is 5.32 Å². The number of carbonyl (C=O) groups is 2. The smallest absolute Gasteiger partial charge is 0.303 e. The Morgan fingerprint density at radius 1 is 1.33 bits per heavy atom. The van der Waals surface area contributed by atoms with Gasteiger partial charge in [-0.2, -0.15) is 0 Å². The van der Waals surface area contributed by atoms with Crippen molar-refractivity contribution in [2.45, 2.75) is 45.4 Å². The van der Waals surface area contributed by atoms with Gasteiger partial charge in [0.25, 0.3) is 0 Å². The minimum absolute atomic E-state index is 0.0597. The van der Waals surface area contributed by atoms with Gasteiger partial charge in [0, 0.05) is 18.5 Å². The summed E-state index contributed by atoms with van der Waals surface area (Å²) in [6, 6.07) is 7.44. The van der Waals surface area contributed by atoms with Gasteiger partial charge >= 0.3 is 5.97 Å². The summed E-state index contributed by atoms with van der Waals surface area (Å²) in [5.74, 6) is 0.501. The summed E-state index contributed by atoms with van der Waals surface area (Å²) in [6.07, 6.45) is 4.70. The van der Waals surface area contributed by atoms with E-state index in [4.69, 9.17) is 5.11 Å². The topological polar surface area (TPSA) is 66.4 Å². The first kappa shape index (κ1) is 15.5. The minimum Gasteiger partial charge on any atom is -0.481 e. The average molecular weight is 289 g/mol. The van der Waals surface area contributed by atoms with Crippen LogP contribution in [0, 0.1) is 11.8 Å². The number of carboxylic acid groups (broad SMARTS) is 1. The van der Waals surface area contributed by atoms with Gasteiger partial charge in [0.1, 0.15) is 0 Å². The molecule has 1 aliphatic carbocycles. The predicted octanol–water partition coefficient (Wildman–Crippen LogP) is 3.47. The number of hydrogen-bond acceptors (Lipinski definition) is 2. The number of hydrogen-bond donors (Lipinski definition) is 2. The molecule has 0 spiro atoms. The Bertz CT molecular complexity index is 513. The molecule has 0 radical (unpaired) electrons. The molecule has 1 saturated carbocycles. The number of aliphatic carboxylic acids is 1. The van der Waals surface area contributed by atoms with Crippen LogP contribution in [0.3, 0.4) is 0 Å². The monoisotopic (exact) mass is 289 g/mol. The molecule has 1 aliphatic rings. The molecular formula is C17H23NO3. The first-order chi connectivity index (χ1) is 10.0. The summed E-state index contributed by atoms with van der Waals surface area (Å²) in [5, 5.41) is 11.6. The fourth-order valence-corrected chi connectivity index (χ4v) is 3.04. The third-order valence-electron chi connectivity index (χ3n) is 4.12. The molecule has 4 heteroatoms. The van der Waals surface area contributed by atoms with Crippen LogP contribution in [0.2, 0.25) is 0 Å². The molecule has 2 N–H and O–H groups in total. The van der Waals surface area contributed by atoms with Crippen LogP contribution in [-0.2, 0) is 16.0 Å². The van der Waals surface area contributed by atoms with Crippen molar-refractivity contribution in [2.24, 2.45) is 11.8 Å². The number of carbonyl (C=O) groups excluding carboxylic acids is 1. The third kappa shape index (κ3) is 5.21. The Morgan fingerprint density at radius 2 is 2.14 bits per heavy atom. The van der Waals surface area contributed by atoms with Crippen LogP contribution in [-0.4, -0.2) is 17.0 Å². The van der Waals surface area contributed by atoms with E-state index in [1.165, 1.54) is 6.42 Å². The molecule has 0 aliphatic heterocycles. The first-order valence-electron chi connectivity index (χ1n) is 7.63. The molecule has 4 nitrogen and oxygen atoms in total. The predicted molar refractivity (Wildman–Crippen MR) is 82.2 cm³/mol. The van der Waals surface area contributed by atoms with Gasteiger partial charge in [-0.15, -0.1) is 0 Å². The highest BCUT2D eigenvalue weighted by Gasteiger charge is 2.23. The van der Waals surface area contributed by atoms with E-state index in [-0.39, 0.29) is 12.3 Å². The van der Waals surface area contributed by atoms with Crippen molar-refractivity contribution in [1.82, 2.24) is 0 Å². The Kier molecular flexibility index (Phi) is 5.37. The minimum atomic E-state index is -0.806. The van der Waals surface area contributed by atoms with Gasteiger partial charge in [-0.1, -0.05) is 25.5 Å². The lowest BCUT2D eigenvalue weighted by Gasteiger charge is -2.11. The van der Waals surface area contributed by atoms with Crippen LogP contribution in [0.25, 0.3) is 0 Å². The molecule has 114 valence electrons. The number of carboxylic acids is 1. The molecular weight excluding hydrogens is 266 g/mol. The summed E-state index contributed by atoms with van der Waals surface area (Å²) in [5.41, 5.74) is 1.69. The van der Waals surface area contributed by atoms with E-state index in [2.05, 4.69) is 12.2 Å². The second-order valence-electron chi connectivity index (χ2n) is 6.13. The average Bonchev–Trinajstić information content (AvgIpc) is 2.82. The van der Waals surface area contributed by atoms with Crippen molar-refractivity contribution in [3.8, 4) is 0 Å². The molecule has 2 unspecified atom stereocenters. The highest BCUT2D eigenvalue weighted by molar-refractivity contribution is 5.90. The molecule has 1 aromatic carbocycles. The maximum Gasteiger partial charge on any atom is 0.303 e. The molecule has 0 aromatic heterocycles. The molecule has 0 heterocycles. The quantitative estimate of drug-likeness (QED) is 0.842. The van der Waals surface area contributed by atoms with E-state index in [9.17, 15) is 9.59 Å². The number of benzene rings is 1. The molecule has 21 heavy (non-hydrogen) atoms. The molecule has 1 amide bonds. The fraction of sp³-hybridized carbons (Fsp3) is 0.529. The van der Waals surface area contributed by atoms with Crippen LogP contribution in [0.4, 0.5) is 5.69 Å². The highest BCUT2D eigenvalue weighted by Crippen LogP contribution is 2.32. The summed E-state index contributed by atoms with van der Waals surface area (Å²) >= 11 is 0. The van der Waals surface area contributed by atoms with Crippen molar-refractivity contribution in [1.29, 1.82) is 0 Å². The summed E-state index contributed by atoms with van der Waals surface area (Å²) in [7, 11) is 0. The molecule has 2 atom stereocenters. The second-order valence-corrected chi connectivity index (χ2v) is 6.13. The number of anilines is 1. The van der Waals surface area contributed by atoms with Gasteiger partial charge in [0.2, 0.25) is 5.91 Å². The van der Waals surface area contributed by atoms with Crippen LogP contribution >= 0.6 is 0 Å². The third-order valence-corrected chi connectivity index (χ3v) is 4.12. The molecule has 0 saturated heterocycles. The van der Waals surface area contributed by atoms with Crippen molar-refractivity contribution in [2.75, 3.05) is 5.32 Å². The second kappa shape index (κ2) is 7.25. The zero-order valence-electron chi connectivity index (χ0n) is 12.5. The maximum atomic E-state index is 12.0. The molecule has 1 aromatic rings. The van der Waals surface area contributed by atoms with Crippen molar-refractivity contribution in [3.63, 3.8) is 0 Å². The largest absolute Gasteiger partial charge is 0.481 e. The number of aryl methyl sites for hydroxylation is 1. The number of amides is 1. The fourth-order valence-electron chi connectivity index (χ4n) is 3.04. The molecule has 1 fully saturated rings. The van der Waals surface area contributed by atoms with E-state index in [0.29, 0.717) is 18.8 Å². The van der Waals surface area contributed by atoms with Gasteiger partial charge in [-0.05, 0) is 48.8 Å². The normalized spacial score (nSPS) is 21.2. The highest BCUT2D eigenvalue weighted by atomic mass is 16.4. The lowest BCUT2D eigenvalue weighted by molar-refractivity contribution is -0.137. The summed E-state index contributed by atoms with van der Waals surface area (Å²) in [6.45, 7) is 2.24. The SMILES string of the molecule is CC1CCC(CC(=O)Nc2cccc(CCC(=O)O)c2)C1. The van der Waals surface area contributed by atoms with Crippen molar-refractivity contribution < 1.29 is 14.7 Å².